The van der Waals surface area contributed by atoms with Crippen LogP contribution in [0.1, 0.15) is 28.1 Å². The summed E-state index contributed by atoms with van der Waals surface area (Å²) < 4.78 is 12.6. The lowest BCUT2D eigenvalue weighted by Crippen LogP contribution is -2.22. The molecule has 0 unspecified atom stereocenters. The smallest absolute Gasteiger partial charge is 0.310 e. The Kier molecular flexibility index (Phi) is 5.81. The van der Waals surface area contributed by atoms with E-state index in [0.717, 1.165) is 39.0 Å². The molecule has 2 aromatic heterocycles. The molecule has 0 fully saturated rings. The summed E-state index contributed by atoms with van der Waals surface area (Å²) in [7, 11) is 0. The minimum atomic E-state index is -0.491. The van der Waals surface area contributed by atoms with Crippen molar-refractivity contribution in [3.8, 4) is 5.69 Å². The van der Waals surface area contributed by atoms with Crippen LogP contribution < -0.4 is 5.32 Å². The quantitative estimate of drug-likeness (QED) is 0.452. The minimum absolute atomic E-state index is 0.0345. The molecule has 2 aromatic carbocycles. The van der Waals surface area contributed by atoms with E-state index in [-0.39, 0.29) is 13.0 Å². The summed E-state index contributed by atoms with van der Waals surface area (Å²) in [6.45, 7) is 7.32. The number of anilines is 1. The molecule has 0 aliphatic rings. The van der Waals surface area contributed by atoms with Crippen LogP contribution in [-0.2, 0) is 20.7 Å². The average molecular weight is 431 g/mol. The molecule has 2 heterocycles. The average Bonchev–Trinajstić information content (AvgIpc) is 3.31. The van der Waals surface area contributed by atoms with Crippen molar-refractivity contribution in [1.29, 1.82) is 0 Å². The van der Waals surface area contributed by atoms with Gasteiger partial charge in [0.05, 0.1) is 35.4 Å². The van der Waals surface area contributed by atoms with E-state index in [0.29, 0.717) is 11.4 Å². The van der Waals surface area contributed by atoms with Gasteiger partial charge in [0.15, 0.2) is 6.61 Å². The maximum atomic E-state index is 12.4. The van der Waals surface area contributed by atoms with Crippen LogP contribution in [0, 0.1) is 27.7 Å². The fourth-order valence-corrected chi connectivity index (χ4v) is 3.70. The van der Waals surface area contributed by atoms with Crippen molar-refractivity contribution in [3.63, 3.8) is 0 Å². The third-order valence-electron chi connectivity index (χ3n) is 5.60. The highest BCUT2D eigenvalue weighted by Crippen LogP contribution is 2.27. The molecule has 0 spiro atoms. The van der Waals surface area contributed by atoms with Crippen LogP contribution in [-0.4, -0.2) is 28.3 Å². The summed E-state index contributed by atoms with van der Waals surface area (Å²) in [6, 6.07) is 13.6. The number of hydrogen-bond acceptors (Lipinski definition) is 5. The molecular weight excluding hydrogens is 406 g/mol. The monoisotopic (exact) mass is 431 g/mol. The second-order valence-corrected chi connectivity index (χ2v) is 7.82. The van der Waals surface area contributed by atoms with E-state index in [2.05, 4.69) is 10.4 Å². The van der Waals surface area contributed by atoms with Gasteiger partial charge in [-0.3, -0.25) is 9.59 Å². The van der Waals surface area contributed by atoms with Gasteiger partial charge in [0.25, 0.3) is 5.91 Å². The third kappa shape index (κ3) is 4.14. The van der Waals surface area contributed by atoms with Crippen molar-refractivity contribution in [3.05, 3.63) is 76.8 Å². The van der Waals surface area contributed by atoms with E-state index < -0.39 is 11.9 Å². The van der Waals surface area contributed by atoms with E-state index >= 15 is 0 Å². The zero-order valence-electron chi connectivity index (χ0n) is 18.6. The highest BCUT2D eigenvalue weighted by Gasteiger charge is 2.18. The van der Waals surface area contributed by atoms with Gasteiger partial charge in [0.2, 0.25) is 0 Å². The predicted molar refractivity (Wildman–Crippen MR) is 122 cm³/mol. The number of benzene rings is 2. The summed E-state index contributed by atoms with van der Waals surface area (Å²) in [5.74, 6) is -0.907. The van der Waals surface area contributed by atoms with E-state index in [4.69, 9.17) is 9.15 Å². The number of aryl methyl sites for hydroxylation is 3. The van der Waals surface area contributed by atoms with Crippen LogP contribution in [0.2, 0.25) is 0 Å². The molecule has 1 N–H and O–H groups in total. The number of nitrogens with one attached hydrogen (secondary N) is 1. The maximum Gasteiger partial charge on any atom is 0.310 e. The Morgan fingerprint density at radius 1 is 1.06 bits per heavy atom. The van der Waals surface area contributed by atoms with Gasteiger partial charge >= 0.3 is 5.97 Å². The highest BCUT2D eigenvalue weighted by molar-refractivity contribution is 5.94. The van der Waals surface area contributed by atoms with Crippen LogP contribution >= 0.6 is 0 Å². The van der Waals surface area contributed by atoms with Gasteiger partial charge in [-0.1, -0.05) is 30.3 Å². The number of hydrogen-bond donors (Lipinski definition) is 1. The van der Waals surface area contributed by atoms with Crippen molar-refractivity contribution in [2.24, 2.45) is 0 Å². The van der Waals surface area contributed by atoms with Crippen LogP contribution in [0.5, 0.6) is 0 Å². The summed E-state index contributed by atoms with van der Waals surface area (Å²) in [4.78, 5) is 24.7. The van der Waals surface area contributed by atoms with Crippen molar-refractivity contribution in [1.82, 2.24) is 9.78 Å². The molecule has 0 saturated heterocycles. The highest BCUT2D eigenvalue weighted by atomic mass is 16.5. The Balaban J connectivity index is 1.38. The zero-order chi connectivity index (χ0) is 22.8. The number of esters is 1. The topological polar surface area (TPSA) is 86.4 Å². The molecule has 7 heteroatoms. The lowest BCUT2D eigenvalue weighted by molar-refractivity contribution is -0.146. The number of fused-ring (bicyclic) bond motifs is 1. The number of rotatable bonds is 6. The fourth-order valence-electron chi connectivity index (χ4n) is 3.70. The Labute approximate surface area is 186 Å². The van der Waals surface area contributed by atoms with Crippen molar-refractivity contribution >= 4 is 28.5 Å². The van der Waals surface area contributed by atoms with Gasteiger partial charge in [-0.2, -0.15) is 5.10 Å². The molecule has 4 rings (SSSR count). The van der Waals surface area contributed by atoms with E-state index in [1.165, 1.54) is 0 Å². The van der Waals surface area contributed by atoms with Gasteiger partial charge in [-0.15, -0.1) is 0 Å². The van der Waals surface area contributed by atoms with Gasteiger partial charge in [-0.25, -0.2) is 4.68 Å². The summed E-state index contributed by atoms with van der Waals surface area (Å²) >= 11 is 0. The lowest BCUT2D eigenvalue weighted by Gasteiger charge is -2.08. The second kappa shape index (κ2) is 8.70. The van der Waals surface area contributed by atoms with E-state index in [9.17, 15) is 9.59 Å². The number of aromatic nitrogens is 2. The van der Waals surface area contributed by atoms with Gasteiger partial charge in [0, 0.05) is 10.9 Å². The zero-order valence-corrected chi connectivity index (χ0v) is 18.6. The molecule has 164 valence electrons. The Morgan fingerprint density at radius 3 is 2.56 bits per heavy atom. The molecule has 0 aliphatic heterocycles. The molecular formula is C25H25N3O4. The Bertz CT molecular complexity index is 1300. The number of ether oxygens (including phenoxy) is 1. The number of furan rings is 1. The number of nitrogens with zero attached hydrogens (tertiary/aromatic N) is 2. The molecule has 7 nitrogen and oxygen atoms in total. The molecule has 0 aliphatic carbocycles. The number of carbonyl (C=O) groups is 2. The largest absolute Gasteiger partial charge is 0.464 e. The summed E-state index contributed by atoms with van der Waals surface area (Å²) in [5.41, 5.74) is 6.67. The number of amides is 1. The lowest BCUT2D eigenvalue weighted by atomic mass is 10.0. The normalized spacial score (nSPS) is 11.0. The first-order chi connectivity index (χ1) is 15.3. The third-order valence-corrected chi connectivity index (χ3v) is 5.60. The minimum Gasteiger partial charge on any atom is -0.464 e. The Hall–Kier alpha value is -3.87. The van der Waals surface area contributed by atoms with Crippen LogP contribution in [0.25, 0.3) is 16.7 Å². The molecule has 0 bridgehead atoms. The summed E-state index contributed by atoms with van der Waals surface area (Å²) in [5, 5.41) is 8.20. The SMILES string of the molecule is Cc1ccc2c(CC(=O)OCC(=O)Nc3c(C)nn(-c4ccccc4)c3C)coc2c1C. The molecule has 4 aromatic rings. The number of carbonyl (C=O) groups excluding carboxylic acids is 2. The fraction of sp³-hybridized carbons (Fsp3) is 0.240. The molecule has 1 amide bonds. The maximum absolute atomic E-state index is 12.4. The van der Waals surface area contributed by atoms with Gasteiger partial charge in [0.1, 0.15) is 5.58 Å². The van der Waals surface area contributed by atoms with Crippen LogP contribution in [0.3, 0.4) is 0 Å². The van der Waals surface area contributed by atoms with E-state index in [1.807, 2.05) is 70.2 Å². The van der Waals surface area contributed by atoms with Gasteiger partial charge in [-0.05, 0) is 51.0 Å². The van der Waals surface area contributed by atoms with Crippen LogP contribution in [0.15, 0.2) is 53.1 Å². The van der Waals surface area contributed by atoms with Crippen molar-refractivity contribution in [2.75, 3.05) is 11.9 Å². The van der Waals surface area contributed by atoms with E-state index in [1.54, 1.807) is 10.9 Å². The first-order valence-electron chi connectivity index (χ1n) is 10.4. The second-order valence-electron chi connectivity index (χ2n) is 7.82. The van der Waals surface area contributed by atoms with Crippen molar-refractivity contribution < 1.29 is 18.7 Å². The summed E-state index contributed by atoms with van der Waals surface area (Å²) in [6.07, 6.45) is 1.61. The standard InChI is InChI=1S/C25H25N3O4/c1-15-10-11-21-19(13-32-25(21)16(15)2)12-23(30)31-14-22(29)26-24-17(3)27-28(18(24)4)20-8-6-5-7-9-20/h5-11,13H,12,14H2,1-4H3,(H,26,29). The molecule has 0 saturated carbocycles. The first kappa shape index (κ1) is 21.4. The van der Waals surface area contributed by atoms with Gasteiger partial charge < -0.3 is 14.5 Å². The Morgan fingerprint density at radius 2 is 1.81 bits per heavy atom. The predicted octanol–water partition coefficient (Wildman–Crippen LogP) is 4.58. The molecule has 0 atom stereocenters. The van der Waals surface area contributed by atoms with Crippen molar-refractivity contribution in [2.45, 2.75) is 34.1 Å². The molecule has 32 heavy (non-hydrogen) atoms. The molecule has 0 radical (unpaired) electrons. The first-order valence-corrected chi connectivity index (χ1v) is 10.4. The van der Waals surface area contributed by atoms with Crippen LogP contribution in [0.4, 0.5) is 5.69 Å². The number of para-hydroxylation sites is 1.